The molecule has 0 fully saturated rings. The zero-order valence-corrected chi connectivity index (χ0v) is 16.8. The van der Waals surface area contributed by atoms with Gasteiger partial charge in [0.2, 0.25) is 11.8 Å². The molecule has 0 aliphatic rings. The summed E-state index contributed by atoms with van der Waals surface area (Å²) in [4.78, 5) is 24.0. The Hall–Kier alpha value is -2.27. The van der Waals surface area contributed by atoms with E-state index in [-0.39, 0.29) is 23.9 Å². The number of carbonyl (C=O) groups excluding carboxylic acids is 2. The molecule has 0 unspecified atom stereocenters. The fraction of sp³-hybridized carbons (Fsp3) is 0.364. The molecule has 0 aliphatic heterocycles. The van der Waals surface area contributed by atoms with Crippen LogP contribution in [-0.4, -0.2) is 23.3 Å². The number of thioether (sulfide) groups is 1. The number of benzene rings is 2. The van der Waals surface area contributed by atoms with E-state index < -0.39 is 0 Å². The second-order valence-corrected chi connectivity index (χ2v) is 7.74. The first kappa shape index (κ1) is 21.0. The van der Waals surface area contributed by atoms with Crippen molar-refractivity contribution < 1.29 is 9.59 Å². The van der Waals surface area contributed by atoms with Gasteiger partial charge in [0, 0.05) is 24.3 Å². The molecule has 0 bridgehead atoms. The van der Waals surface area contributed by atoms with Gasteiger partial charge in [-0.1, -0.05) is 60.7 Å². The van der Waals surface area contributed by atoms with Crippen molar-refractivity contribution >= 4 is 23.6 Å². The van der Waals surface area contributed by atoms with Crippen LogP contribution in [0, 0.1) is 0 Å². The van der Waals surface area contributed by atoms with Gasteiger partial charge in [0.25, 0.3) is 0 Å². The highest BCUT2D eigenvalue weighted by Crippen LogP contribution is 2.13. The maximum Gasteiger partial charge on any atom is 0.221 e. The minimum Gasteiger partial charge on any atom is -0.350 e. The molecule has 2 atom stereocenters. The molecule has 5 heteroatoms. The zero-order chi connectivity index (χ0) is 19.5. The molecule has 0 saturated heterocycles. The number of amides is 2. The maximum atomic E-state index is 12.0. The lowest BCUT2D eigenvalue weighted by Crippen LogP contribution is -2.27. The molecule has 0 radical (unpaired) electrons. The van der Waals surface area contributed by atoms with Crippen LogP contribution >= 0.6 is 11.8 Å². The summed E-state index contributed by atoms with van der Waals surface area (Å²) in [7, 11) is 0. The van der Waals surface area contributed by atoms with E-state index in [1.807, 2.05) is 74.5 Å². The third kappa shape index (κ3) is 7.87. The normalized spacial score (nSPS) is 12.8. The minimum absolute atomic E-state index is 0.00829. The van der Waals surface area contributed by atoms with Crippen LogP contribution in [0.4, 0.5) is 0 Å². The van der Waals surface area contributed by atoms with Crippen LogP contribution in [0.15, 0.2) is 60.7 Å². The third-order valence-electron chi connectivity index (χ3n) is 4.30. The average Bonchev–Trinajstić information content (AvgIpc) is 2.69. The van der Waals surface area contributed by atoms with Gasteiger partial charge in [-0.05, 0) is 25.0 Å². The monoisotopic (exact) mass is 384 g/mol. The molecular formula is C22H28N2O2S. The van der Waals surface area contributed by atoms with E-state index in [2.05, 4.69) is 10.6 Å². The van der Waals surface area contributed by atoms with Gasteiger partial charge in [-0.25, -0.2) is 0 Å². The molecular weight excluding hydrogens is 356 g/mol. The molecule has 0 aromatic heterocycles. The molecule has 2 aromatic carbocycles. The molecule has 4 nitrogen and oxygen atoms in total. The highest BCUT2D eigenvalue weighted by molar-refractivity contribution is 7.99. The summed E-state index contributed by atoms with van der Waals surface area (Å²) in [5, 5.41) is 6.02. The van der Waals surface area contributed by atoms with E-state index in [1.54, 1.807) is 11.8 Å². The molecule has 2 amide bonds. The van der Waals surface area contributed by atoms with Gasteiger partial charge in [0.15, 0.2) is 0 Å². The van der Waals surface area contributed by atoms with Gasteiger partial charge in [-0.3, -0.25) is 9.59 Å². The summed E-state index contributed by atoms with van der Waals surface area (Å²) in [5.41, 5.74) is 2.20. The zero-order valence-electron chi connectivity index (χ0n) is 16.0. The molecule has 2 rings (SSSR count). The van der Waals surface area contributed by atoms with Crippen molar-refractivity contribution in [1.29, 1.82) is 0 Å². The molecule has 0 aliphatic carbocycles. The topological polar surface area (TPSA) is 58.2 Å². The summed E-state index contributed by atoms with van der Waals surface area (Å²) in [6, 6.07) is 19.9. The van der Waals surface area contributed by atoms with E-state index in [1.165, 1.54) is 0 Å². The van der Waals surface area contributed by atoms with Crippen molar-refractivity contribution in [2.45, 2.75) is 38.8 Å². The predicted molar refractivity (Wildman–Crippen MR) is 113 cm³/mol. The van der Waals surface area contributed by atoms with Crippen molar-refractivity contribution in [3.05, 3.63) is 71.8 Å². The average molecular weight is 385 g/mol. The Morgan fingerprint density at radius 3 is 1.48 bits per heavy atom. The van der Waals surface area contributed by atoms with Crippen molar-refractivity contribution in [1.82, 2.24) is 10.6 Å². The van der Waals surface area contributed by atoms with Gasteiger partial charge in [0.05, 0.1) is 12.1 Å². The minimum atomic E-state index is 0.00829. The second kappa shape index (κ2) is 11.4. The Morgan fingerprint density at radius 2 is 1.11 bits per heavy atom. The van der Waals surface area contributed by atoms with Crippen molar-refractivity contribution in [3.63, 3.8) is 0 Å². The Labute approximate surface area is 166 Å². The van der Waals surface area contributed by atoms with E-state index >= 15 is 0 Å². The summed E-state index contributed by atoms with van der Waals surface area (Å²) in [6.45, 7) is 3.97. The predicted octanol–water partition coefficient (Wildman–Crippen LogP) is 4.25. The summed E-state index contributed by atoms with van der Waals surface area (Å²) in [5.74, 6) is 1.52. The molecule has 0 saturated carbocycles. The molecule has 144 valence electrons. The van der Waals surface area contributed by atoms with E-state index in [0.717, 1.165) is 22.6 Å². The fourth-order valence-electron chi connectivity index (χ4n) is 2.71. The Kier molecular flexibility index (Phi) is 8.92. The second-order valence-electron chi connectivity index (χ2n) is 6.51. The standard InChI is InChI=1S/C22H28N2O2S/c1-17(19-9-5-3-6-10-19)23-21(25)13-15-27-16-14-22(26)24-18(2)20-11-7-4-8-12-20/h3-12,17-18H,13-16H2,1-2H3,(H,23,25)(H,24,26)/t17-,18-/m1/s1. The largest absolute Gasteiger partial charge is 0.350 e. The van der Waals surface area contributed by atoms with E-state index in [4.69, 9.17) is 0 Å². The summed E-state index contributed by atoms with van der Waals surface area (Å²) < 4.78 is 0. The van der Waals surface area contributed by atoms with Crippen LogP contribution in [0.2, 0.25) is 0 Å². The third-order valence-corrected chi connectivity index (χ3v) is 5.29. The van der Waals surface area contributed by atoms with Crippen molar-refractivity contribution in [2.75, 3.05) is 11.5 Å². The van der Waals surface area contributed by atoms with Gasteiger partial charge >= 0.3 is 0 Å². The number of carbonyl (C=O) groups is 2. The van der Waals surface area contributed by atoms with Crippen LogP contribution in [-0.2, 0) is 9.59 Å². The van der Waals surface area contributed by atoms with Crippen molar-refractivity contribution in [3.8, 4) is 0 Å². The summed E-state index contributed by atoms with van der Waals surface area (Å²) in [6.07, 6.45) is 0.924. The van der Waals surface area contributed by atoms with Crippen molar-refractivity contribution in [2.24, 2.45) is 0 Å². The highest BCUT2D eigenvalue weighted by atomic mass is 32.2. The first-order chi connectivity index (χ1) is 13.1. The Morgan fingerprint density at radius 1 is 0.741 bits per heavy atom. The molecule has 2 N–H and O–H groups in total. The smallest absolute Gasteiger partial charge is 0.221 e. The first-order valence-electron chi connectivity index (χ1n) is 9.32. The lowest BCUT2D eigenvalue weighted by Gasteiger charge is -2.15. The van der Waals surface area contributed by atoms with E-state index in [0.29, 0.717) is 12.8 Å². The number of rotatable bonds is 10. The quantitative estimate of drug-likeness (QED) is 0.602. The maximum absolute atomic E-state index is 12.0. The molecule has 0 heterocycles. The van der Waals surface area contributed by atoms with Crippen LogP contribution in [0.5, 0.6) is 0 Å². The van der Waals surface area contributed by atoms with Gasteiger partial charge in [-0.2, -0.15) is 11.8 Å². The first-order valence-corrected chi connectivity index (χ1v) is 10.5. The van der Waals surface area contributed by atoms with E-state index in [9.17, 15) is 9.59 Å². The number of hydrogen-bond acceptors (Lipinski definition) is 3. The fourth-order valence-corrected chi connectivity index (χ4v) is 3.57. The van der Waals surface area contributed by atoms with Crippen LogP contribution in [0.25, 0.3) is 0 Å². The molecule has 27 heavy (non-hydrogen) atoms. The van der Waals surface area contributed by atoms with Crippen LogP contribution in [0.1, 0.15) is 49.9 Å². The lowest BCUT2D eigenvalue weighted by molar-refractivity contribution is -0.122. The van der Waals surface area contributed by atoms with Crippen LogP contribution < -0.4 is 10.6 Å². The highest BCUT2D eigenvalue weighted by Gasteiger charge is 2.10. The summed E-state index contributed by atoms with van der Waals surface area (Å²) >= 11 is 1.63. The molecule has 2 aromatic rings. The Bertz CT molecular complexity index is 645. The number of hydrogen-bond donors (Lipinski definition) is 2. The number of nitrogens with one attached hydrogen (secondary N) is 2. The van der Waals surface area contributed by atoms with Crippen LogP contribution in [0.3, 0.4) is 0 Å². The lowest BCUT2D eigenvalue weighted by atomic mass is 10.1. The van der Waals surface area contributed by atoms with Gasteiger partial charge in [0.1, 0.15) is 0 Å². The Balaban J connectivity index is 1.57. The van der Waals surface area contributed by atoms with Gasteiger partial charge in [-0.15, -0.1) is 0 Å². The van der Waals surface area contributed by atoms with Gasteiger partial charge < -0.3 is 10.6 Å². The SMILES string of the molecule is C[C@@H](NC(=O)CCSCCC(=O)N[C@H](C)c1ccccc1)c1ccccc1. The molecule has 0 spiro atoms.